The van der Waals surface area contributed by atoms with E-state index in [-0.39, 0.29) is 12.5 Å². The van der Waals surface area contributed by atoms with Gasteiger partial charge in [0.05, 0.1) is 10.2 Å². The van der Waals surface area contributed by atoms with E-state index in [2.05, 4.69) is 15.6 Å². The molecule has 6 nitrogen and oxygen atoms in total. The molecule has 3 rings (SSSR count). The Bertz CT molecular complexity index is 722. The van der Waals surface area contributed by atoms with E-state index in [0.29, 0.717) is 11.0 Å². The van der Waals surface area contributed by atoms with E-state index in [4.69, 9.17) is 5.73 Å². The number of anilines is 1. The van der Waals surface area contributed by atoms with Crippen molar-refractivity contribution in [2.75, 3.05) is 11.9 Å². The van der Waals surface area contributed by atoms with Gasteiger partial charge in [0.15, 0.2) is 5.13 Å². The van der Waals surface area contributed by atoms with Crippen molar-refractivity contribution in [2.24, 2.45) is 11.7 Å². The van der Waals surface area contributed by atoms with Gasteiger partial charge in [-0.15, -0.1) is 0 Å². The minimum Gasteiger partial charge on any atom is -0.368 e. The lowest BCUT2D eigenvalue weighted by molar-refractivity contribution is -0.125. The predicted octanol–water partition coefficient (Wildman–Crippen LogP) is 2.85. The molecule has 0 aliphatic heterocycles. The number of para-hydroxylation sites is 1. The van der Waals surface area contributed by atoms with Crippen molar-refractivity contribution >= 4 is 38.5 Å². The lowest BCUT2D eigenvalue weighted by Gasteiger charge is -2.21. The van der Waals surface area contributed by atoms with Crippen LogP contribution >= 0.6 is 11.3 Å². The van der Waals surface area contributed by atoms with Crippen molar-refractivity contribution in [3.63, 3.8) is 0 Å². The van der Waals surface area contributed by atoms with Gasteiger partial charge in [0.25, 0.3) is 0 Å². The maximum absolute atomic E-state index is 12.1. The van der Waals surface area contributed by atoms with Crippen molar-refractivity contribution in [1.29, 1.82) is 0 Å². The number of nitrogens with two attached hydrogens (primary N) is 1. The van der Waals surface area contributed by atoms with Crippen LogP contribution in [-0.2, 0) is 9.59 Å². The fourth-order valence-electron chi connectivity index (χ4n) is 3.29. The molecule has 1 aromatic carbocycles. The highest BCUT2D eigenvalue weighted by Gasteiger charge is 2.20. The molecule has 139 valence electrons. The number of benzene rings is 1. The third kappa shape index (κ3) is 5.17. The van der Waals surface area contributed by atoms with E-state index in [1.807, 2.05) is 24.3 Å². The first-order valence-electron chi connectivity index (χ1n) is 9.14. The second kappa shape index (κ2) is 8.98. The minimum atomic E-state index is -0.767. The molecule has 1 saturated carbocycles. The van der Waals surface area contributed by atoms with Gasteiger partial charge in [-0.05, 0) is 24.5 Å². The maximum atomic E-state index is 12.1. The number of thiazole rings is 1. The summed E-state index contributed by atoms with van der Waals surface area (Å²) in [6, 6.07) is 7.05. The Balaban J connectivity index is 1.48. The summed E-state index contributed by atoms with van der Waals surface area (Å²) in [7, 11) is 0. The van der Waals surface area contributed by atoms with Crippen LogP contribution in [0.1, 0.15) is 38.5 Å². The fourth-order valence-corrected chi connectivity index (χ4v) is 4.16. The van der Waals surface area contributed by atoms with Crippen molar-refractivity contribution in [3.8, 4) is 0 Å². The summed E-state index contributed by atoms with van der Waals surface area (Å²) in [6.45, 7) is 0.220. The highest BCUT2D eigenvalue weighted by Crippen LogP contribution is 2.27. The second-order valence-electron chi connectivity index (χ2n) is 6.78. The molecule has 7 heteroatoms. The molecule has 1 aromatic heterocycles. The Hall–Kier alpha value is -2.15. The lowest BCUT2D eigenvalue weighted by atomic mass is 9.86. The number of nitrogens with zero attached hydrogens (tertiary/aromatic N) is 1. The molecule has 1 aliphatic carbocycles. The first-order chi connectivity index (χ1) is 12.6. The zero-order valence-electron chi connectivity index (χ0n) is 14.7. The highest BCUT2D eigenvalue weighted by atomic mass is 32.1. The number of nitrogens with one attached hydrogen (secondary N) is 2. The van der Waals surface area contributed by atoms with Gasteiger partial charge >= 0.3 is 0 Å². The Morgan fingerprint density at radius 2 is 2.04 bits per heavy atom. The van der Waals surface area contributed by atoms with Crippen molar-refractivity contribution in [3.05, 3.63) is 30.7 Å². The summed E-state index contributed by atoms with van der Waals surface area (Å²) < 4.78 is 1.07. The van der Waals surface area contributed by atoms with Gasteiger partial charge in [-0.25, -0.2) is 4.98 Å². The number of aromatic nitrogens is 1. The summed E-state index contributed by atoms with van der Waals surface area (Å²) in [5, 5.41) is 6.52. The van der Waals surface area contributed by atoms with E-state index < -0.39 is 11.9 Å². The number of fused-ring (bicyclic) bond motifs is 1. The molecule has 26 heavy (non-hydrogen) atoms. The average molecular weight is 374 g/mol. The first kappa shape index (κ1) is 18.6. The summed E-state index contributed by atoms with van der Waals surface area (Å²) in [6.07, 6.45) is 8.58. The third-order valence-electron chi connectivity index (χ3n) is 4.77. The summed E-state index contributed by atoms with van der Waals surface area (Å²) in [4.78, 5) is 28.3. The third-order valence-corrected chi connectivity index (χ3v) is 5.77. The largest absolute Gasteiger partial charge is 0.368 e. The number of rotatable bonds is 8. The van der Waals surface area contributed by atoms with Crippen LogP contribution in [0.4, 0.5) is 5.13 Å². The zero-order valence-corrected chi connectivity index (χ0v) is 15.6. The molecule has 0 saturated heterocycles. The molecule has 1 heterocycles. The molecule has 1 unspecified atom stereocenters. The van der Waals surface area contributed by atoms with E-state index in [1.54, 1.807) is 6.42 Å². The van der Waals surface area contributed by atoms with Crippen LogP contribution in [0.5, 0.6) is 0 Å². The van der Waals surface area contributed by atoms with E-state index in [1.165, 1.54) is 43.4 Å². The standard InChI is InChI=1S/C19H25N4O2S/c20-18(25)15(22-17(24)11-10-13-6-2-1-3-7-13)12-21-19-23-14-8-4-5-9-16(14)26-19/h4-5,8-9,11,13,15H,1-3,6-7,10,12H2,(H2,20,25)(H,21,23)(H,22,24). The fraction of sp³-hybridized carbons (Fsp3) is 0.474. The first-order valence-corrected chi connectivity index (χ1v) is 9.96. The molecule has 1 radical (unpaired) electrons. The van der Waals surface area contributed by atoms with Crippen LogP contribution in [0.15, 0.2) is 24.3 Å². The molecule has 1 fully saturated rings. The number of amides is 2. The van der Waals surface area contributed by atoms with Gasteiger partial charge in [0, 0.05) is 13.0 Å². The summed E-state index contributed by atoms with van der Waals surface area (Å²) >= 11 is 1.50. The van der Waals surface area contributed by atoms with Gasteiger partial charge in [-0.1, -0.05) is 55.6 Å². The normalized spacial score (nSPS) is 16.3. The zero-order chi connectivity index (χ0) is 18.4. The van der Waals surface area contributed by atoms with Crippen LogP contribution in [0, 0.1) is 12.3 Å². The molecule has 0 bridgehead atoms. The van der Waals surface area contributed by atoms with Gasteiger partial charge in [0.2, 0.25) is 11.8 Å². The number of carbonyl (C=O) groups is 2. The van der Waals surface area contributed by atoms with Crippen molar-refractivity contribution in [2.45, 2.75) is 44.6 Å². The van der Waals surface area contributed by atoms with Crippen molar-refractivity contribution in [1.82, 2.24) is 10.3 Å². The Kier molecular flexibility index (Phi) is 6.44. The lowest BCUT2D eigenvalue weighted by Crippen LogP contribution is -2.48. The van der Waals surface area contributed by atoms with Crippen LogP contribution in [0.25, 0.3) is 10.2 Å². The maximum Gasteiger partial charge on any atom is 0.241 e. The van der Waals surface area contributed by atoms with E-state index in [9.17, 15) is 9.59 Å². The highest BCUT2D eigenvalue weighted by molar-refractivity contribution is 7.22. The van der Waals surface area contributed by atoms with Gasteiger partial charge < -0.3 is 16.4 Å². The minimum absolute atomic E-state index is 0.220. The summed E-state index contributed by atoms with van der Waals surface area (Å²) in [5.74, 6) is -0.203. The topological polar surface area (TPSA) is 97.1 Å². The predicted molar refractivity (Wildman–Crippen MR) is 105 cm³/mol. The molecule has 1 atom stereocenters. The Morgan fingerprint density at radius 1 is 1.27 bits per heavy atom. The molecular formula is C19H25N4O2S. The molecule has 2 amide bonds. The summed E-state index contributed by atoms with van der Waals surface area (Å²) in [5.41, 5.74) is 6.34. The monoisotopic (exact) mass is 373 g/mol. The van der Waals surface area contributed by atoms with Gasteiger partial charge in [0.1, 0.15) is 6.04 Å². The second-order valence-corrected chi connectivity index (χ2v) is 7.81. The number of primary amides is 1. The molecule has 0 spiro atoms. The SMILES string of the molecule is NC(=O)C(CNc1nc2ccccc2s1)NC(=O)[CH]CC1CCCCC1. The molecule has 4 N–H and O–H groups in total. The molecular weight excluding hydrogens is 348 g/mol. The van der Waals surface area contributed by atoms with Gasteiger partial charge in [-0.2, -0.15) is 0 Å². The van der Waals surface area contributed by atoms with Crippen LogP contribution < -0.4 is 16.4 Å². The number of carbonyl (C=O) groups excluding carboxylic acids is 2. The Morgan fingerprint density at radius 3 is 2.77 bits per heavy atom. The van der Waals surface area contributed by atoms with Crippen LogP contribution in [0.2, 0.25) is 0 Å². The molecule has 1 aliphatic rings. The number of hydrogen-bond acceptors (Lipinski definition) is 5. The Labute approximate surface area is 157 Å². The molecule has 2 aromatic rings. The number of hydrogen-bond donors (Lipinski definition) is 3. The van der Waals surface area contributed by atoms with E-state index >= 15 is 0 Å². The average Bonchev–Trinajstić information content (AvgIpc) is 3.07. The van der Waals surface area contributed by atoms with Crippen LogP contribution in [0.3, 0.4) is 0 Å². The van der Waals surface area contributed by atoms with Crippen LogP contribution in [-0.4, -0.2) is 29.4 Å². The quantitative estimate of drug-likeness (QED) is 0.663. The smallest absolute Gasteiger partial charge is 0.241 e. The van der Waals surface area contributed by atoms with Gasteiger partial charge in [-0.3, -0.25) is 9.59 Å². The van der Waals surface area contributed by atoms with Crippen molar-refractivity contribution < 1.29 is 9.59 Å². The van der Waals surface area contributed by atoms with E-state index in [0.717, 1.165) is 16.6 Å².